The summed E-state index contributed by atoms with van der Waals surface area (Å²) in [5.74, 6) is -2.00. The van der Waals surface area contributed by atoms with Gasteiger partial charge in [-0.05, 0) is 25.1 Å². The van der Waals surface area contributed by atoms with E-state index in [9.17, 15) is 13.6 Å². The van der Waals surface area contributed by atoms with Crippen molar-refractivity contribution in [2.24, 2.45) is 0 Å². The number of nitrogens with one attached hydrogen (secondary N) is 1. The molecule has 0 bridgehead atoms. The van der Waals surface area contributed by atoms with Gasteiger partial charge >= 0.3 is 0 Å². The number of carbonyl (C=O) groups is 1. The van der Waals surface area contributed by atoms with Gasteiger partial charge in [0.25, 0.3) is 5.91 Å². The number of nitrogens with two attached hydrogens (primary N) is 1. The summed E-state index contributed by atoms with van der Waals surface area (Å²) in [6, 6.07) is 4.92. The largest absolute Gasteiger partial charge is 0.491 e. The molecule has 1 heterocycles. The van der Waals surface area contributed by atoms with Gasteiger partial charge in [-0.1, -0.05) is 0 Å². The molecule has 21 heavy (non-hydrogen) atoms. The third kappa shape index (κ3) is 3.44. The maximum Gasteiger partial charge on any atom is 0.259 e. The van der Waals surface area contributed by atoms with E-state index >= 15 is 0 Å². The first-order valence-electron chi connectivity index (χ1n) is 6.16. The molecule has 2 aromatic rings. The minimum atomic E-state index is -0.688. The third-order valence-electron chi connectivity index (χ3n) is 2.62. The Balaban J connectivity index is 2.19. The predicted octanol–water partition coefficient (Wildman–Crippen LogP) is 2.59. The van der Waals surface area contributed by atoms with Crippen molar-refractivity contribution in [3.05, 3.63) is 47.7 Å². The Bertz CT molecular complexity index is 677. The lowest BCUT2D eigenvalue weighted by molar-refractivity contribution is 0.102. The van der Waals surface area contributed by atoms with E-state index in [0.29, 0.717) is 6.61 Å². The molecule has 0 radical (unpaired) electrons. The molecule has 0 saturated heterocycles. The second-order valence-corrected chi connectivity index (χ2v) is 4.12. The Labute approximate surface area is 119 Å². The van der Waals surface area contributed by atoms with Crippen LogP contribution in [-0.4, -0.2) is 17.5 Å². The number of aromatic nitrogens is 1. The average molecular weight is 293 g/mol. The van der Waals surface area contributed by atoms with E-state index in [2.05, 4.69) is 10.3 Å². The SMILES string of the molecule is CCOc1ccc(NC(=O)c2cc(F)cnc2N)cc1F. The van der Waals surface area contributed by atoms with E-state index in [4.69, 9.17) is 10.5 Å². The number of rotatable bonds is 4. The standard InChI is InChI=1S/C14H13F2N3O2/c1-2-21-12-4-3-9(6-11(12)16)19-14(20)10-5-8(15)7-18-13(10)17/h3-7H,2H2,1H3,(H2,17,18)(H,19,20). The molecule has 0 aliphatic carbocycles. The van der Waals surface area contributed by atoms with Gasteiger partial charge in [0.2, 0.25) is 0 Å². The van der Waals surface area contributed by atoms with Crippen LogP contribution in [0.25, 0.3) is 0 Å². The Morgan fingerprint density at radius 2 is 2.14 bits per heavy atom. The number of pyridine rings is 1. The molecule has 0 aliphatic rings. The zero-order valence-corrected chi connectivity index (χ0v) is 11.2. The molecule has 7 heteroatoms. The first-order valence-corrected chi connectivity index (χ1v) is 6.16. The van der Waals surface area contributed by atoms with Crippen molar-refractivity contribution in [1.82, 2.24) is 4.98 Å². The summed E-state index contributed by atoms with van der Waals surface area (Å²) in [6.07, 6.45) is 0.905. The summed E-state index contributed by atoms with van der Waals surface area (Å²) in [4.78, 5) is 15.5. The maximum atomic E-state index is 13.7. The summed E-state index contributed by atoms with van der Waals surface area (Å²) in [7, 11) is 0. The first-order chi connectivity index (χ1) is 10.0. The molecule has 2 rings (SSSR count). The highest BCUT2D eigenvalue weighted by Crippen LogP contribution is 2.22. The van der Waals surface area contributed by atoms with E-state index in [1.165, 1.54) is 12.1 Å². The smallest absolute Gasteiger partial charge is 0.259 e. The molecule has 0 atom stereocenters. The lowest BCUT2D eigenvalue weighted by atomic mass is 10.2. The van der Waals surface area contributed by atoms with E-state index in [1.807, 2.05) is 0 Å². The van der Waals surface area contributed by atoms with E-state index in [0.717, 1.165) is 18.3 Å². The third-order valence-corrected chi connectivity index (χ3v) is 2.62. The fourth-order valence-corrected chi connectivity index (χ4v) is 1.68. The van der Waals surface area contributed by atoms with E-state index in [1.54, 1.807) is 6.92 Å². The van der Waals surface area contributed by atoms with Crippen molar-refractivity contribution < 1.29 is 18.3 Å². The second kappa shape index (κ2) is 6.17. The first kappa shape index (κ1) is 14.7. The molecule has 110 valence electrons. The topological polar surface area (TPSA) is 77.2 Å². The number of amides is 1. The fraction of sp³-hybridized carbons (Fsp3) is 0.143. The molecule has 5 nitrogen and oxygen atoms in total. The zero-order chi connectivity index (χ0) is 15.4. The fourth-order valence-electron chi connectivity index (χ4n) is 1.68. The van der Waals surface area contributed by atoms with Crippen molar-refractivity contribution in [1.29, 1.82) is 0 Å². The number of benzene rings is 1. The van der Waals surface area contributed by atoms with Crippen LogP contribution in [0.2, 0.25) is 0 Å². The summed E-state index contributed by atoms with van der Waals surface area (Å²) in [5.41, 5.74) is 5.58. The molecular formula is C14H13F2N3O2. The second-order valence-electron chi connectivity index (χ2n) is 4.12. The Morgan fingerprint density at radius 1 is 1.38 bits per heavy atom. The van der Waals surface area contributed by atoms with Crippen LogP contribution in [0, 0.1) is 11.6 Å². The number of halogens is 2. The lowest BCUT2D eigenvalue weighted by Gasteiger charge is -2.09. The van der Waals surface area contributed by atoms with Gasteiger partial charge < -0.3 is 15.8 Å². The number of carbonyl (C=O) groups excluding carboxylic acids is 1. The molecule has 0 aliphatic heterocycles. The highest BCUT2D eigenvalue weighted by molar-refractivity contribution is 6.07. The van der Waals surface area contributed by atoms with Gasteiger partial charge in [-0.25, -0.2) is 13.8 Å². The summed E-state index contributed by atoms with van der Waals surface area (Å²) >= 11 is 0. The zero-order valence-electron chi connectivity index (χ0n) is 11.2. The van der Waals surface area contributed by atoms with Crippen LogP contribution in [0.4, 0.5) is 20.3 Å². The van der Waals surface area contributed by atoms with Crippen LogP contribution < -0.4 is 15.8 Å². The quantitative estimate of drug-likeness (QED) is 0.908. The van der Waals surface area contributed by atoms with Crippen molar-refractivity contribution in [2.45, 2.75) is 6.92 Å². The van der Waals surface area contributed by atoms with Gasteiger partial charge in [0.15, 0.2) is 11.6 Å². The maximum absolute atomic E-state index is 13.7. The van der Waals surface area contributed by atoms with Crippen molar-refractivity contribution in [2.75, 3.05) is 17.7 Å². The van der Waals surface area contributed by atoms with Gasteiger partial charge in [0.05, 0.1) is 18.4 Å². The van der Waals surface area contributed by atoms with Crippen LogP contribution in [0.3, 0.4) is 0 Å². The Hall–Kier alpha value is -2.70. The highest BCUT2D eigenvalue weighted by Gasteiger charge is 2.13. The minimum absolute atomic E-state index is 0.0856. The number of ether oxygens (including phenoxy) is 1. The van der Waals surface area contributed by atoms with Gasteiger partial charge in [-0.3, -0.25) is 4.79 Å². The molecule has 0 saturated carbocycles. The van der Waals surface area contributed by atoms with Gasteiger partial charge in [-0.2, -0.15) is 0 Å². The normalized spacial score (nSPS) is 10.2. The average Bonchev–Trinajstić information content (AvgIpc) is 2.44. The molecule has 0 fully saturated rings. The van der Waals surface area contributed by atoms with E-state index < -0.39 is 17.5 Å². The minimum Gasteiger partial charge on any atom is -0.491 e. The van der Waals surface area contributed by atoms with Crippen LogP contribution in [0.1, 0.15) is 17.3 Å². The monoisotopic (exact) mass is 293 g/mol. The molecule has 1 amide bonds. The van der Waals surface area contributed by atoms with Crippen LogP contribution in [-0.2, 0) is 0 Å². The molecular weight excluding hydrogens is 280 g/mol. The molecule has 0 spiro atoms. The van der Waals surface area contributed by atoms with Gasteiger partial charge in [0, 0.05) is 11.8 Å². The number of hydrogen-bond acceptors (Lipinski definition) is 4. The number of anilines is 2. The lowest BCUT2D eigenvalue weighted by Crippen LogP contribution is -2.15. The summed E-state index contributed by atoms with van der Waals surface area (Å²) in [5, 5.41) is 2.42. The van der Waals surface area contributed by atoms with Crippen molar-refractivity contribution in [3.63, 3.8) is 0 Å². The number of nitrogens with zero attached hydrogens (tertiary/aromatic N) is 1. The molecule has 0 unspecified atom stereocenters. The van der Waals surface area contributed by atoms with Crippen LogP contribution in [0.15, 0.2) is 30.5 Å². The molecule has 3 N–H and O–H groups in total. The van der Waals surface area contributed by atoms with Crippen LogP contribution in [0.5, 0.6) is 5.75 Å². The Morgan fingerprint density at radius 3 is 2.81 bits per heavy atom. The van der Waals surface area contributed by atoms with Crippen molar-refractivity contribution >= 4 is 17.4 Å². The van der Waals surface area contributed by atoms with Crippen molar-refractivity contribution in [3.8, 4) is 5.75 Å². The molecule has 1 aromatic heterocycles. The predicted molar refractivity (Wildman–Crippen MR) is 74.1 cm³/mol. The van der Waals surface area contributed by atoms with Gasteiger partial charge in [-0.15, -0.1) is 0 Å². The summed E-state index contributed by atoms with van der Waals surface area (Å²) in [6.45, 7) is 2.06. The van der Waals surface area contributed by atoms with Crippen LogP contribution >= 0.6 is 0 Å². The number of nitrogen functional groups attached to an aromatic ring is 1. The number of hydrogen-bond donors (Lipinski definition) is 2. The van der Waals surface area contributed by atoms with E-state index in [-0.39, 0.29) is 22.8 Å². The Kier molecular flexibility index (Phi) is 4.32. The molecule has 1 aromatic carbocycles. The summed E-state index contributed by atoms with van der Waals surface area (Å²) < 4.78 is 31.8. The highest BCUT2D eigenvalue weighted by atomic mass is 19.1. The van der Waals surface area contributed by atoms with Gasteiger partial charge in [0.1, 0.15) is 11.6 Å².